The molecule has 0 spiro atoms. The molecule has 0 aliphatic rings. The van der Waals surface area contributed by atoms with Crippen molar-refractivity contribution in [2.24, 2.45) is 0 Å². The summed E-state index contributed by atoms with van der Waals surface area (Å²) < 4.78 is 0. The summed E-state index contributed by atoms with van der Waals surface area (Å²) in [5.41, 5.74) is 0. The van der Waals surface area contributed by atoms with Gasteiger partial charge in [0.15, 0.2) is 0 Å². The minimum Gasteiger partial charge on any atom is -0.356 e. The van der Waals surface area contributed by atoms with Crippen molar-refractivity contribution < 1.29 is 19.2 Å². The molecule has 8 nitrogen and oxygen atoms in total. The van der Waals surface area contributed by atoms with Crippen LogP contribution in [0.3, 0.4) is 0 Å². The van der Waals surface area contributed by atoms with E-state index in [1.54, 1.807) is 0 Å². The highest BCUT2D eigenvalue weighted by molar-refractivity contribution is 7.81. The van der Waals surface area contributed by atoms with Gasteiger partial charge in [0.2, 0.25) is 23.6 Å². The Labute approximate surface area is 226 Å². The van der Waals surface area contributed by atoms with Crippen LogP contribution >= 0.6 is 50.5 Å². The zero-order chi connectivity index (χ0) is 25.6. The fourth-order valence-electron chi connectivity index (χ4n) is 3.09. The Kier molecular flexibility index (Phi) is 22.2. The van der Waals surface area contributed by atoms with E-state index in [0.29, 0.717) is 81.8 Å². The number of nitrogens with one attached hydrogen (secondary N) is 4. The van der Waals surface area contributed by atoms with Gasteiger partial charge in [-0.3, -0.25) is 19.2 Å². The zero-order valence-corrected chi connectivity index (χ0v) is 23.5. The van der Waals surface area contributed by atoms with Gasteiger partial charge in [0.1, 0.15) is 0 Å². The second-order valence-corrected chi connectivity index (χ2v) is 9.96. The molecule has 0 bridgehead atoms. The Morgan fingerprint density at radius 1 is 0.559 bits per heavy atom. The van der Waals surface area contributed by atoms with Crippen molar-refractivity contribution in [1.82, 2.24) is 21.3 Å². The van der Waals surface area contributed by atoms with Gasteiger partial charge in [-0.15, -0.1) is 0 Å². The van der Waals surface area contributed by atoms with Gasteiger partial charge < -0.3 is 21.3 Å². The molecule has 0 aliphatic heterocycles. The zero-order valence-electron chi connectivity index (χ0n) is 19.9. The van der Waals surface area contributed by atoms with Gasteiger partial charge in [-0.1, -0.05) is 0 Å². The predicted molar refractivity (Wildman–Crippen MR) is 151 cm³/mol. The van der Waals surface area contributed by atoms with Crippen LogP contribution in [0.4, 0.5) is 0 Å². The van der Waals surface area contributed by atoms with E-state index >= 15 is 0 Å². The standard InChI is InChI=1S/C22H42N4O4S4/c27-19(6-3-14-31)24-12-4-13-25-20(28)8-7-18(34)17(26-22(30)10-16-33)5-1-2-11-23-21(29)9-15-32/h17-18,31-34H,1-16H2,(H,23,29)(H,24,27)(H,25,28)(H,26,30). The minimum atomic E-state index is -0.167. The second kappa shape index (κ2) is 22.7. The highest BCUT2D eigenvalue weighted by Crippen LogP contribution is 2.16. The Morgan fingerprint density at radius 2 is 1.09 bits per heavy atom. The van der Waals surface area contributed by atoms with Gasteiger partial charge in [-0.25, -0.2) is 0 Å². The summed E-state index contributed by atoms with van der Waals surface area (Å²) in [6.45, 7) is 1.60. The van der Waals surface area contributed by atoms with E-state index in [4.69, 9.17) is 0 Å². The highest BCUT2D eigenvalue weighted by Gasteiger charge is 2.21. The Balaban J connectivity index is 4.27. The molecule has 2 atom stereocenters. The van der Waals surface area contributed by atoms with Crippen LogP contribution in [0.1, 0.15) is 64.2 Å². The molecule has 2 unspecified atom stereocenters. The van der Waals surface area contributed by atoms with E-state index in [-0.39, 0.29) is 34.9 Å². The number of thiol groups is 4. The number of carbonyl (C=O) groups excluding carboxylic acids is 4. The summed E-state index contributed by atoms with van der Waals surface area (Å²) in [7, 11) is 0. The first-order valence-electron chi connectivity index (χ1n) is 11.9. The quantitative estimate of drug-likeness (QED) is 0.0816. The molecule has 4 amide bonds. The van der Waals surface area contributed by atoms with Gasteiger partial charge in [0.05, 0.1) is 0 Å². The Morgan fingerprint density at radius 3 is 1.68 bits per heavy atom. The first-order valence-corrected chi connectivity index (χ1v) is 14.4. The van der Waals surface area contributed by atoms with Crippen LogP contribution in [0.25, 0.3) is 0 Å². The van der Waals surface area contributed by atoms with Gasteiger partial charge in [-0.2, -0.15) is 50.5 Å². The lowest BCUT2D eigenvalue weighted by Crippen LogP contribution is -2.42. The first-order chi connectivity index (χ1) is 16.3. The minimum absolute atomic E-state index is 0.00402. The number of rotatable bonds is 21. The molecule has 198 valence electrons. The predicted octanol–water partition coefficient (Wildman–Crippen LogP) is 1.81. The summed E-state index contributed by atoms with van der Waals surface area (Å²) in [6.07, 6.45) is 5.76. The van der Waals surface area contributed by atoms with Gasteiger partial charge in [-0.05, 0) is 55.8 Å². The number of carbonyl (C=O) groups is 4. The Bertz CT molecular complexity index is 599. The molecule has 0 aliphatic carbocycles. The molecule has 12 heteroatoms. The van der Waals surface area contributed by atoms with Crippen molar-refractivity contribution in [3.05, 3.63) is 0 Å². The van der Waals surface area contributed by atoms with Crippen LogP contribution in [-0.2, 0) is 19.2 Å². The molecule has 0 aromatic rings. The summed E-state index contributed by atoms with van der Waals surface area (Å²) in [4.78, 5) is 47.3. The van der Waals surface area contributed by atoms with E-state index in [9.17, 15) is 19.2 Å². The fraction of sp³-hybridized carbons (Fsp3) is 0.818. The van der Waals surface area contributed by atoms with Crippen molar-refractivity contribution in [3.63, 3.8) is 0 Å². The van der Waals surface area contributed by atoms with Crippen LogP contribution in [0, 0.1) is 0 Å². The second-order valence-electron chi connectivity index (χ2n) is 7.95. The molecule has 0 radical (unpaired) electrons. The highest BCUT2D eigenvalue weighted by atomic mass is 32.1. The first kappa shape index (κ1) is 33.3. The summed E-state index contributed by atoms with van der Waals surface area (Å²) in [6, 6.07) is -0.163. The smallest absolute Gasteiger partial charge is 0.221 e. The van der Waals surface area contributed by atoms with E-state index in [1.807, 2.05) is 0 Å². The molecule has 0 heterocycles. The molecule has 0 aromatic carbocycles. The van der Waals surface area contributed by atoms with E-state index in [1.165, 1.54) is 0 Å². The van der Waals surface area contributed by atoms with E-state index < -0.39 is 0 Å². The molecule has 0 saturated heterocycles. The monoisotopic (exact) mass is 554 g/mol. The normalized spacial score (nSPS) is 12.5. The summed E-state index contributed by atoms with van der Waals surface area (Å²) >= 11 is 16.9. The largest absolute Gasteiger partial charge is 0.356 e. The maximum atomic E-state index is 12.2. The lowest BCUT2D eigenvalue weighted by atomic mass is 10.0. The van der Waals surface area contributed by atoms with E-state index in [0.717, 1.165) is 19.3 Å². The molecule has 4 N–H and O–H groups in total. The Hall–Kier alpha value is -0.720. The fourth-order valence-corrected chi connectivity index (χ4v) is 4.01. The van der Waals surface area contributed by atoms with Crippen LogP contribution < -0.4 is 21.3 Å². The van der Waals surface area contributed by atoms with Crippen molar-refractivity contribution in [1.29, 1.82) is 0 Å². The third-order valence-corrected chi connectivity index (χ3v) is 6.36. The SMILES string of the molecule is O=C(CCS)NCCCCC(NC(=O)CCS)C(S)CCC(=O)NCCCNC(=O)CCCS. The average Bonchev–Trinajstić information content (AvgIpc) is 2.80. The van der Waals surface area contributed by atoms with Gasteiger partial charge in [0.25, 0.3) is 0 Å². The van der Waals surface area contributed by atoms with Gasteiger partial charge >= 0.3 is 0 Å². The molecule has 0 rings (SSSR count). The van der Waals surface area contributed by atoms with Crippen LogP contribution in [0.5, 0.6) is 0 Å². The molecule has 0 fully saturated rings. The molecular formula is C22H42N4O4S4. The number of amides is 4. The van der Waals surface area contributed by atoms with Crippen LogP contribution in [0.2, 0.25) is 0 Å². The summed E-state index contributed by atoms with van der Waals surface area (Å²) in [5, 5.41) is 11.4. The lowest BCUT2D eigenvalue weighted by Gasteiger charge is -2.24. The number of hydrogen-bond acceptors (Lipinski definition) is 8. The maximum absolute atomic E-state index is 12.2. The third-order valence-electron chi connectivity index (χ3n) is 4.98. The van der Waals surface area contributed by atoms with Crippen LogP contribution in [-0.4, -0.2) is 71.8 Å². The molecule has 34 heavy (non-hydrogen) atoms. The summed E-state index contributed by atoms with van der Waals surface area (Å²) in [5.74, 6) is 1.50. The topological polar surface area (TPSA) is 116 Å². The molecule has 0 aromatic heterocycles. The van der Waals surface area contributed by atoms with Gasteiger partial charge in [0, 0.05) is 56.6 Å². The molecule has 0 saturated carbocycles. The number of hydrogen-bond donors (Lipinski definition) is 8. The molecular weight excluding hydrogens is 513 g/mol. The van der Waals surface area contributed by atoms with Crippen LogP contribution in [0.15, 0.2) is 0 Å². The third kappa shape index (κ3) is 19.6. The number of unbranched alkanes of at least 4 members (excludes halogenated alkanes) is 1. The lowest BCUT2D eigenvalue weighted by molar-refractivity contribution is -0.122. The van der Waals surface area contributed by atoms with Crippen molar-refractivity contribution in [2.75, 3.05) is 36.9 Å². The van der Waals surface area contributed by atoms with Crippen molar-refractivity contribution >= 4 is 74.1 Å². The van der Waals surface area contributed by atoms with Crippen molar-refractivity contribution in [3.8, 4) is 0 Å². The van der Waals surface area contributed by atoms with Crippen molar-refractivity contribution in [2.45, 2.75) is 75.5 Å². The van der Waals surface area contributed by atoms with E-state index in [2.05, 4.69) is 71.8 Å². The average molecular weight is 555 g/mol. The maximum Gasteiger partial charge on any atom is 0.221 e.